The molecule has 0 aliphatic rings. The van der Waals surface area contributed by atoms with Crippen LogP contribution in [0.25, 0.3) is 0 Å². The Kier molecular flexibility index (Phi) is 4.06. The maximum Gasteiger partial charge on any atom is 0.356 e. The van der Waals surface area contributed by atoms with Crippen LogP contribution >= 0.6 is 22.9 Å². The summed E-state index contributed by atoms with van der Waals surface area (Å²) in [5, 5.41) is 12.9. The van der Waals surface area contributed by atoms with Crippen molar-refractivity contribution in [2.75, 3.05) is 5.32 Å². The quantitative estimate of drug-likeness (QED) is 0.841. The largest absolute Gasteiger partial charge is 0.476 e. The highest BCUT2D eigenvalue weighted by Gasteiger charge is 2.20. The van der Waals surface area contributed by atoms with Crippen LogP contribution in [0.1, 0.15) is 32.6 Å². The molecule has 0 aliphatic carbocycles. The maximum absolute atomic E-state index is 11.4. The normalized spacial score (nSPS) is 10.3. The Balaban J connectivity index is 2.39. The summed E-state index contributed by atoms with van der Waals surface area (Å²) >= 11 is 6.92. The number of anilines is 2. The molecule has 0 amide bonds. The number of nitrogens with zero attached hydrogens (tertiary/aromatic N) is 1. The average molecular weight is 311 g/mol. The first-order chi connectivity index (χ1) is 9.38. The molecule has 1 aromatic carbocycles. The second kappa shape index (κ2) is 5.60. The molecule has 1 aromatic heterocycles. The molecule has 1 heterocycles. The second-order valence-corrected chi connectivity index (χ2v) is 5.58. The number of ketones is 1. The number of hydrogen-bond acceptors (Lipinski definition) is 5. The summed E-state index contributed by atoms with van der Waals surface area (Å²) in [5.74, 6) is -1.54. The van der Waals surface area contributed by atoms with Gasteiger partial charge >= 0.3 is 5.97 Å². The number of hydrogen-bond donors (Lipinski definition) is 2. The van der Waals surface area contributed by atoms with Gasteiger partial charge in [-0.05, 0) is 24.6 Å². The van der Waals surface area contributed by atoms with Gasteiger partial charge in [-0.25, -0.2) is 9.78 Å². The molecule has 7 heteroatoms. The van der Waals surface area contributed by atoms with Gasteiger partial charge in [0, 0.05) is 17.6 Å². The molecule has 0 saturated heterocycles. The number of halogens is 1. The third-order valence-corrected chi connectivity index (χ3v) is 3.90. The molecule has 0 spiro atoms. The lowest BCUT2D eigenvalue weighted by molar-refractivity contribution is 0.0687. The van der Waals surface area contributed by atoms with E-state index in [2.05, 4.69) is 10.3 Å². The smallest absolute Gasteiger partial charge is 0.356 e. The van der Waals surface area contributed by atoms with Crippen LogP contribution in [-0.2, 0) is 0 Å². The van der Waals surface area contributed by atoms with Gasteiger partial charge in [0.15, 0.2) is 16.6 Å². The van der Waals surface area contributed by atoms with E-state index in [0.717, 1.165) is 22.6 Å². The molecule has 0 unspecified atom stereocenters. The van der Waals surface area contributed by atoms with Gasteiger partial charge in [0.1, 0.15) is 4.88 Å². The molecule has 0 atom stereocenters. The van der Waals surface area contributed by atoms with E-state index < -0.39 is 5.97 Å². The Bertz CT molecular complexity index is 665. The summed E-state index contributed by atoms with van der Waals surface area (Å²) in [6.07, 6.45) is 0. The minimum absolute atomic E-state index is 0.125. The number of nitrogens with one attached hydrogen (secondary N) is 1. The molecule has 0 aliphatic heterocycles. The molecule has 2 aromatic rings. The van der Waals surface area contributed by atoms with Crippen LogP contribution in [0.15, 0.2) is 18.2 Å². The lowest BCUT2D eigenvalue weighted by atomic mass is 10.2. The summed E-state index contributed by atoms with van der Waals surface area (Å²) in [7, 11) is 0. The number of carboxylic acids is 1. The topological polar surface area (TPSA) is 79.3 Å². The van der Waals surface area contributed by atoms with Crippen molar-refractivity contribution in [1.82, 2.24) is 4.98 Å². The lowest BCUT2D eigenvalue weighted by Crippen LogP contribution is -2.03. The van der Waals surface area contributed by atoms with Crippen LogP contribution in [0.2, 0.25) is 5.02 Å². The van der Waals surface area contributed by atoms with Crippen molar-refractivity contribution in [3.63, 3.8) is 0 Å². The molecule has 0 saturated carbocycles. The number of carboxylic acid groups (broad SMARTS) is 1. The van der Waals surface area contributed by atoms with Crippen LogP contribution in [0, 0.1) is 6.92 Å². The van der Waals surface area contributed by atoms with E-state index in [4.69, 9.17) is 16.7 Å². The Hall–Kier alpha value is -1.92. The first kappa shape index (κ1) is 14.5. The highest BCUT2D eigenvalue weighted by Crippen LogP contribution is 2.29. The van der Waals surface area contributed by atoms with Crippen LogP contribution in [-0.4, -0.2) is 21.8 Å². The van der Waals surface area contributed by atoms with Gasteiger partial charge in [-0.1, -0.05) is 29.0 Å². The van der Waals surface area contributed by atoms with E-state index in [1.54, 1.807) is 12.1 Å². The number of aromatic carboxylic acids is 1. The monoisotopic (exact) mass is 310 g/mol. The fourth-order valence-electron chi connectivity index (χ4n) is 1.60. The van der Waals surface area contributed by atoms with Gasteiger partial charge in [-0.2, -0.15) is 0 Å². The third-order valence-electron chi connectivity index (χ3n) is 2.59. The average Bonchev–Trinajstić information content (AvgIpc) is 2.78. The molecule has 5 nitrogen and oxygen atoms in total. The number of aromatic nitrogens is 1. The maximum atomic E-state index is 11.4. The number of Topliss-reactive ketones (excluding diaryl/α,β-unsaturated/α-hetero) is 1. The Labute approximate surface area is 124 Å². The SMILES string of the molecule is CC(=O)c1sc(Nc2cc(Cl)ccc2C)nc1C(=O)O. The van der Waals surface area contributed by atoms with E-state index in [1.165, 1.54) is 6.92 Å². The summed E-state index contributed by atoms with van der Waals surface area (Å²) in [4.78, 5) is 26.5. The summed E-state index contributed by atoms with van der Waals surface area (Å²) in [6, 6.07) is 5.31. The number of rotatable bonds is 4. The van der Waals surface area contributed by atoms with Crippen molar-refractivity contribution in [2.24, 2.45) is 0 Å². The van der Waals surface area contributed by atoms with Crippen molar-refractivity contribution in [3.05, 3.63) is 39.4 Å². The van der Waals surface area contributed by atoms with Crippen molar-refractivity contribution in [2.45, 2.75) is 13.8 Å². The fourth-order valence-corrected chi connectivity index (χ4v) is 2.64. The summed E-state index contributed by atoms with van der Waals surface area (Å²) in [6.45, 7) is 3.20. The standard InChI is InChI=1S/C13H11ClN2O3S/c1-6-3-4-8(14)5-9(6)15-13-16-10(12(18)19)11(20-13)7(2)17/h3-5H,1-2H3,(H,15,16)(H,18,19). The lowest BCUT2D eigenvalue weighted by Gasteiger charge is -2.06. The van der Waals surface area contributed by atoms with Gasteiger partial charge in [-0.15, -0.1) is 0 Å². The second-order valence-electron chi connectivity index (χ2n) is 4.14. The first-order valence-corrected chi connectivity index (χ1v) is 6.86. The van der Waals surface area contributed by atoms with E-state index in [1.807, 2.05) is 13.0 Å². The van der Waals surface area contributed by atoms with E-state index in [9.17, 15) is 9.59 Å². The van der Waals surface area contributed by atoms with E-state index in [0.29, 0.717) is 10.2 Å². The van der Waals surface area contributed by atoms with Gasteiger partial charge in [0.25, 0.3) is 0 Å². The summed E-state index contributed by atoms with van der Waals surface area (Å²) in [5.41, 5.74) is 1.42. The van der Waals surface area contributed by atoms with Gasteiger partial charge in [0.05, 0.1) is 0 Å². The number of thiazole rings is 1. The van der Waals surface area contributed by atoms with Gasteiger partial charge in [0.2, 0.25) is 0 Å². The van der Waals surface area contributed by atoms with Crippen molar-refractivity contribution in [1.29, 1.82) is 0 Å². The highest BCUT2D eigenvalue weighted by atomic mass is 35.5. The zero-order valence-corrected chi connectivity index (χ0v) is 12.3. The van der Waals surface area contributed by atoms with Crippen molar-refractivity contribution < 1.29 is 14.7 Å². The third kappa shape index (κ3) is 2.97. The Morgan fingerprint density at radius 2 is 2.10 bits per heavy atom. The number of aryl methyl sites for hydroxylation is 1. The van der Waals surface area contributed by atoms with Crippen LogP contribution in [0.4, 0.5) is 10.8 Å². The van der Waals surface area contributed by atoms with Gasteiger partial charge in [-0.3, -0.25) is 4.79 Å². The zero-order valence-electron chi connectivity index (χ0n) is 10.7. The first-order valence-electron chi connectivity index (χ1n) is 5.66. The highest BCUT2D eigenvalue weighted by molar-refractivity contribution is 7.17. The number of carbonyl (C=O) groups excluding carboxylic acids is 1. The molecule has 0 fully saturated rings. The predicted octanol–water partition coefficient (Wildman–Crippen LogP) is 3.75. The van der Waals surface area contributed by atoms with Gasteiger partial charge < -0.3 is 10.4 Å². The molecule has 2 N–H and O–H groups in total. The molecule has 20 heavy (non-hydrogen) atoms. The van der Waals surface area contributed by atoms with Crippen LogP contribution in [0.5, 0.6) is 0 Å². The molecule has 2 rings (SSSR count). The van der Waals surface area contributed by atoms with Crippen molar-refractivity contribution in [3.8, 4) is 0 Å². The molecular weight excluding hydrogens is 300 g/mol. The number of carbonyl (C=O) groups is 2. The number of benzene rings is 1. The minimum Gasteiger partial charge on any atom is -0.476 e. The molecule has 104 valence electrons. The minimum atomic E-state index is -1.22. The predicted molar refractivity (Wildman–Crippen MR) is 78.5 cm³/mol. The molecule has 0 radical (unpaired) electrons. The Morgan fingerprint density at radius 1 is 1.40 bits per heavy atom. The van der Waals surface area contributed by atoms with Crippen LogP contribution in [0.3, 0.4) is 0 Å². The van der Waals surface area contributed by atoms with E-state index >= 15 is 0 Å². The molecule has 0 bridgehead atoms. The fraction of sp³-hybridized carbons (Fsp3) is 0.154. The van der Waals surface area contributed by atoms with Crippen molar-refractivity contribution >= 4 is 45.5 Å². The summed E-state index contributed by atoms with van der Waals surface area (Å²) < 4.78 is 0. The Morgan fingerprint density at radius 3 is 2.65 bits per heavy atom. The zero-order chi connectivity index (χ0) is 14.9. The van der Waals surface area contributed by atoms with Crippen LogP contribution < -0.4 is 5.32 Å². The molecular formula is C13H11ClN2O3S. The van der Waals surface area contributed by atoms with E-state index in [-0.39, 0.29) is 16.4 Å².